The second-order valence-corrected chi connectivity index (χ2v) is 8.15. The van der Waals surface area contributed by atoms with Gasteiger partial charge >= 0.3 is 0 Å². The van der Waals surface area contributed by atoms with Crippen LogP contribution in [0.1, 0.15) is 44.3 Å². The number of hydrogen-bond donors (Lipinski definition) is 0. The minimum Gasteiger partial charge on any atom is -0.212 e. The Morgan fingerprint density at radius 2 is 1.43 bits per heavy atom. The first kappa shape index (κ1) is 13.9. The Labute approximate surface area is 141 Å². The van der Waals surface area contributed by atoms with Gasteiger partial charge in [0.25, 0.3) is 0 Å². The van der Waals surface area contributed by atoms with Gasteiger partial charge in [-0.25, -0.2) is 9.97 Å². The molecular weight excluding hydrogens is 306 g/mol. The van der Waals surface area contributed by atoms with E-state index in [1.165, 1.54) is 38.5 Å². The number of nitrogens with zero attached hydrogens (tertiary/aromatic N) is 3. The number of hydrogen-bond acceptors (Lipinski definition) is 3. The van der Waals surface area contributed by atoms with Gasteiger partial charge in [-0.2, -0.15) is 4.98 Å². The topological polar surface area (TPSA) is 38.7 Å². The lowest BCUT2D eigenvalue weighted by Gasteiger charge is -2.55. The minimum atomic E-state index is 0.158. The highest BCUT2D eigenvalue weighted by Gasteiger charge is 2.53. The largest absolute Gasteiger partial charge is 0.226 e. The third kappa shape index (κ3) is 2.28. The molecule has 6 rings (SSSR count). The molecule has 4 heteroatoms. The van der Waals surface area contributed by atoms with E-state index >= 15 is 0 Å². The van der Waals surface area contributed by atoms with Crippen LogP contribution in [-0.4, -0.2) is 15.0 Å². The van der Waals surface area contributed by atoms with Gasteiger partial charge in [0.1, 0.15) is 5.82 Å². The molecule has 1 aromatic heterocycles. The van der Waals surface area contributed by atoms with E-state index in [2.05, 4.69) is 9.97 Å². The first-order valence-corrected chi connectivity index (χ1v) is 9.05. The molecule has 0 atom stereocenters. The van der Waals surface area contributed by atoms with Crippen LogP contribution in [0.2, 0.25) is 5.28 Å². The van der Waals surface area contributed by atoms with Crippen molar-refractivity contribution in [3.05, 3.63) is 41.4 Å². The van der Waals surface area contributed by atoms with E-state index in [0.717, 1.165) is 35.0 Å². The third-order valence-corrected chi connectivity index (χ3v) is 6.32. The quantitative estimate of drug-likeness (QED) is 0.806. The molecule has 3 nitrogen and oxygen atoms in total. The van der Waals surface area contributed by atoms with Crippen molar-refractivity contribution in [1.29, 1.82) is 0 Å². The molecule has 1 heterocycles. The Morgan fingerprint density at radius 1 is 0.826 bits per heavy atom. The lowest BCUT2D eigenvalue weighted by atomic mass is 9.49. The average molecular weight is 326 g/mol. The summed E-state index contributed by atoms with van der Waals surface area (Å²) in [5, 5.41) is 0.338. The van der Waals surface area contributed by atoms with Crippen molar-refractivity contribution in [2.75, 3.05) is 0 Å². The van der Waals surface area contributed by atoms with E-state index in [-0.39, 0.29) is 5.41 Å². The molecule has 4 saturated carbocycles. The van der Waals surface area contributed by atoms with Gasteiger partial charge in [0.2, 0.25) is 5.28 Å². The molecule has 0 aliphatic heterocycles. The molecule has 4 fully saturated rings. The van der Waals surface area contributed by atoms with E-state index in [1.54, 1.807) is 0 Å². The summed E-state index contributed by atoms with van der Waals surface area (Å²) in [5.74, 6) is 4.29. The summed E-state index contributed by atoms with van der Waals surface area (Å²) < 4.78 is 0. The van der Waals surface area contributed by atoms with E-state index in [1.807, 2.05) is 30.3 Å². The third-order valence-electron chi connectivity index (χ3n) is 6.15. The fourth-order valence-corrected chi connectivity index (χ4v) is 5.85. The van der Waals surface area contributed by atoms with Crippen molar-refractivity contribution in [3.8, 4) is 11.4 Å². The highest BCUT2D eigenvalue weighted by molar-refractivity contribution is 6.28. The fourth-order valence-electron chi connectivity index (χ4n) is 5.69. The van der Waals surface area contributed by atoms with Crippen molar-refractivity contribution in [2.45, 2.75) is 43.9 Å². The normalized spacial score (nSPS) is 34.7. The van der Waals surface area contributed by atoms with Gasteiger partial charge in [-0.3, -0.25) is 0 Å². The zero-order valence-electron chi connectivity index (χ0n) is 13.1. The lowest BCUT2D eigenvalue weighted by Crippen LogP contribution is -2.49. The van der Waals surface area contributed by atoms with Gasteiger partial charge in [-0.15, -0.1) is 0 Å². The summed E-state index contributed by atoms with van der Waals surface area (Å²) in [6, 6.07) is 10.1. The second kappa shape index (κ2) is 5.01. The second-order valence-electron chi connectivity index (χ2n) is 7.82. The van der Waals surface area contributed by atoms with Crippen LogP contribution >= 0.6 is 11.6 Å². The number of rotatable bonds is 2. The molecule has 4 bridgehead atoms. The standard InChI is InChI=1S/C19H20ClN3/c20-18-22-16(15-4-2-1-3-5-15)21-17(23-18)19-9-12-6-13(10-19)8-14(7-12)11-19/h1-5,12-14H,6-11H2. The molecule has 0 N–H and O–H groups in total. The number of halogens is 1. The molecular formula is C19H20ClN3. The van der Waals surface area contributed by atoms with Crippen LogP contribution in [0, 0.1) is 17.8 Å². The highest BCUT2D eigenvalue weighted by Crippen LogP contribution is 2.60. The lowest BCUT2D eigenvalue weighted by molar-refractivity contribution is -0.00943. The first-order valence-electron chi connectivity index (χ1n) is 8.68. The van der Waals surface area contributed by atoms with Crippen LogP contribution in [0.15, 0.2) is 30.3 Å². The number of benzene rings is 1. The van der Waals surface area contributed by atoms with Crippen molar-refractivity contribution in [2.24, 2.45) is 17.8 Å². The summed E-state index contributed by atoms with van der Waals surface area (Å²) in [5.41, 5.74) is 1.17. The van der Waals surface area contributed by atoms with Crippen molar-refractivity contribution >= 4 is 11.6 Å². The average Bonchev–Trinajstić information content (AvgIpc) is 2.54. The fraction of sp³-hybridized carbons (Fsp3) is 0.526. The van der Waals surface area contributed by atoms with Gasteiger partial charge < -0.3 is 0 Å². The Morgan fingerprint density at radius 3 is 2.04 bits per heavy atom. The Hall–Kier alpha value is -1.48. The molecule has 118 valence electrons. The van der Waals surface area contributed by atoms with Crippen LogP contribution in [0.4, 0.5) is 0 Å². The Kier molecular flexibility index (Phi) is 3.03. The van der Waals surface area contributed by atoms with Gasteiger partial charge in [-0.1, -0.05) is 30.3 Å². The van der Waals surface area contributed by atoms with E-state index in [9.17, 15) is 0 Å². The summed E-state index contributed by atoms with van der Waals surface area (Å²) >= 11 is 6.28. The van der Waals surface area contributed by atoms with Gasteiger partial charge in [-0.05, 0) is 67.9 Å². The molecule has 0 saturated heterocycles. The summed E-state index contributed by atoms with van der Waals surface area (Å²) in [6.07, 6.45) is 7.99. The predicted molar refractivity (Wildman–Crippen MR) is 90.1 cm³/mol. The van der Waals surface area contributed by atoms with Gasteiger partial charge in [0.15, 0.2) is 5.82 Å². The molecule has 4 aliphatic rings. The van der Waals surface area contributed by atoms with Crippen molar-refractivity contribution < 1.29 is 0 Å². The molecule has 23 heavy (non-hydrogen) atoms. The van der Waals surface area contributed by atoms with E-state index in [0.29, 0.717) is 5.28 Å². The summed E-state index contributed by atoms with van der Waals surface area (Å²) in [4.78, 5) is 13.9. The molecule has 2 aromatic rings. The van der Waals surface area contributed by atoms with E-state index < -0.39 is 0 Å². The van der Waals surface area contributed by atoms with Crippen molar-refractivity contribution in [3.63, 3.8) is 0 Å². The zero-order chi connectivity index (χ0) is 15.4. The number of aromatic nitrogens is 3. The highest BCUT2D eigenvalue weighted by atomic mass is 35.5. The maximum absolute atomic E-state index is 6.28. The van der Waals surface area contributed by atoms with E-state index in [4.69, 9.17) is 16.6 Å². The molecule has 0 spiro atoms. The van der Waals surface area contributed by atoms with Crippen LogP contribution in [0.5, 0.6) is 0 Å². The van der Waals surface area contributed by atoms with Crippen LogP contribution in [0.25, 0.3) is 11.4 Å². The molecule has 0 unspecified atom stereocenters. The van der Waals surface area contributed by atoms with Crippen LogP contribution < -0.4 is 0 Å². The maximum Gasteiger partial charge on any atom is 0.226 e. The van der Waals surface area contributed by atoms with Crippen LogP contribution in [0.3, 0.4) is 0 Å². The van der Waals surface area contributed by atoms with Gasteiger partial charge in [0.05, 0.1) is 0 Å². The Bertz CT molecular complexity index is 708. The summed E-state index contributed by atoms with van der Waals surface area (Å²) in [6.45, 7) is 0. The van der Waals surface area contributed by atoms with Crippen LogP contribution in [-0.2, 0) is 5.41 Å². The summed E-state index contributed by atoms with van der Waals surface area (Å²) in [7, 11) is 0. The van der Waals surface area contributed by atoms with Gasteiger partial charge in [0, 0.05) is 11.0 Å². The minimum absolute atomic E-state index is 0.158. The smallest absolute Gasteiger partial charge is 0.212 e. The molecule has 1 aromatic carbocycles. The molecule has 0 radical (unpaired) electrons. The van der Waals surface area contributed by atoms with Crippen molar-refractivity contribution in [1.82, 2.24) is 15.0 Å². The maximum atomic E-state index is 6.28. The molecule has 0 amide bonds. The zero-order valence-corrected chi connectivity index (χ0v) is 13.8. The monoisotopic (exact) mass is 325 g/mol. The first-order chi connectivity index (χ1) is 11.2. The molecule has 4 aliphatic carbocycles. The Balaban J connectivity index is 1.60. The SMILES string of the molecule is Clc1nc(-c2ccccc2)nc(C23CC4CC(CC(C4)C2)C3)n1. The predicted octanol–water partition coefficient (Wildman–Crippen LogP) is 4.66.